The van der Waals surface area contributed by atoms with Crippen molar-refractivity contribution in [2.45, 2.75) is 13.3 Å². The van der Waals surface area contributed by atoms with E-state index in [0.29, 0.717) is 29.5 Å². The molecule has 0 saturated carbocycles. The summed E-state index contributed by atoms with van der Waals surface area (Å²) in [7, 11) is 0. The van der Waals surface area contributed by atoms with Crippen molar-refractivity contribution < 1.29 is 39.5 Å². The molecule has 0 amide bonds. The fourth-order valence-electron chi connectivity index (χ4n) is 2.72. The minimum Gasteiger partial charge on any atom is -0.545 e. The summed E-state index contributed by atoms with van der Waals surface area (Å²) in [6.45, 7) is 2.54. The number of carboxylic acids is 1. The quantitative estimate of drug-likeness (QED) is 0.547. The van der Waals surface area contributed by atoms with Crippen molar-refractivity contribution in [1.29, 1.82) is 0 Å². The molecule has 138 valence electrons. The van der Waals surface area contributed by atoms with Gasteiger partial charge in [-0.3, -0.25) is 0 Å². The number of nitrogens with zero attached hydrogens (tertiary/aromatic N) is 2. The van der Waals surface area contributed by atoms with Gasteiger partial charge in [-0.05, 0) is 36.1 Å². The minimum atomic E-state index is -1.18. The van der Waals surface area contributed by atoms with E-state index in [0.717, 1.165) is 16.7 Å². The Morgan fingerprint density at radius 3 is 2.57 bits per heavy atom. The Labute approximate surface area is 190 Å². The predicted octanol–water partition coefficient (Wildman–Crippen LogP) is -0.290. The van der Waals surface area contributed by atoms with E-state index in [1.807, 2.05) is 31.2 Å². The fourth-order valence-corrected chi connectivity index (χ4v) is 2.90. The van der Waals surface area contributed by atoms with Gasteiger partial charge < -0.3 is 21.0 Å². The zero-order valence-corrected chi connectivity index (χ0v) is 18.5. The van der Waals surface area contributed by atoms with Crippen molar-refractivity contribution >= 4 is 29.3 Å². The van der Waals surface area contributed by atoms with Crippen LogP contribution in [0.5, 0.6) is 0 Å². The summed E-state index contributed by atoms with van der Waals surface area (Å²) in [5, 5.41) is 14.7. The number of hydrogen-bond acceptors (Lipinski definition) is 6. The molecule has 6 nitrogen and oxygen atoms in total. The Morgan fingerprint density at radius 2 is 1.89 bits per heavy atom. The number of carbonyl (C=O) groups is 1. The van der Waals surface area contributed by atoms with Gasteiger partial charge in [0.05, 0.1) is 11.7 Å². The molecule has 1 aromatic heterocycles. The van der Waals surface area contributed by atoms with Crippen LogP contribution >= 0.6 is 11.6 Å². The smallest absolute Gasteiger partial charge is 0.545 e. The van der Waals surface area contributed by atoms with E-state index in [-0.39, 0.29) is 41.1 Å². The molecule has 0 saturated heterocycles. The second-order valence-corrected chi connectivity index (χ2v) is 6.48. The number of carbonyl (C=O) groups excluding carboxylic acids is 1. The van der Waals surface area contributed by atoms with Crippen molar-refractivity contribution in [3.8, 4) is 11.3 Å². The molecule has 28 heavy (non-hydrogen) atoms. The number of anilines is 2. The van der Waals surface area contributed by atoms with E-state index in [1.54, 1.807) is 12.1 Å². The second-order valence-electron chi connectivity index (χ2n) is 6.07. The molecule has 8 heteroatoms. The van der Waals surface area contributed by atoms with Gasteiger partial charge in [0.1, 0.15) is 5.82 Å². The van der Waals surface area contributed by atoms with Gasteiger partial charge in [0.15, 0.2) is 0 Å². The summed E-state index contributed by atoms with van der Waals surface area (Å²) in [5.41, 5.74) is 9.55. The Kier molecular flexibility index (Phi) is 7.83. The molecule has 3 N–H and O–H groups in total. The predicted molar refractivity (Wildman–Crippen MR) is 105 cm³/mol. The summed E-state index contributed by atoms with van der Waals surface area (Å²) in [5.74, 6) is -0.393. The molecule has 0 aliphatic rings. The van der Waals surface area contributed by atoms with Gasteiger partial charge in [0.25, 0.3) is 0 Å². The second kappa shape index (κ2) is 9.89. The van der Waals surface area contributed by atoms with Crippen LogP contribution in [0.2, 0.25) is 5.02 Å². The molecule has 3 aromatic rings. The number of nitrogens with one attached hydrogen (secondary N) is 1. The first kappa shape index (κ1) is 22.2. The largest absolute Gasteiger partial charge is 1.00 e. The maximum absolute atomic E-state index is 10.8. The maximum atomic E-state index is 10.8. The van der Waals surface area contributed by atoms with Crippen LogP contribution in [0.25, 0.3) is 11.3 Å². The van der Waals surface area contributed by atoms with Gasteiger partial charge >= 0.3 is 29.6 Å². The average molecular weight is 405 g/mol. The molecule has 2 aromatic carbocycles. The van der Waals surface area contributed by atoms with Crippen molar-refractivity contribution in [2.24, 2.45) is 0 Å². The van der Waals surface area contributed by atoms with Crippen LogP contribution in [0.4, 0.5) is 11.8 Å². The third-order valence-electron chi connectivity index (χ3n) is 4.20. The molecule has 0 fully saturated rings. The van der Waals surface area contributed by atoms with Gasteiger partial charge in [0, 0.05) is 23.2 Å². The Morgan fingerprint density at radius 1 is 1.18 bits per heavy atom. The topological polar surface area (TPSA) is 104 Å². The third kappa shape index (κ3) is 5.45. The van der Waals surface area contributed by atoms with Crippen LogP contribution in [-0.2, 0) is 6.42 Å². The average Bonchev–Trinajstić information content (AvgIpc) is 2.64. The molecular weight excluding hydrogens is 387 g/mol. The Bertz CT molecular complexity index is 980. The van der Waals surface area contributed by atoms with E-state index in [9.17, 15) is 9.90 Å². The van der Waals surface area contributed by atoms with Crippen molar-refractivity contribution in [2.75, 3.05) is 17.6 Å². The summed E-state index contributed by atoms with van der Waals surface area (Å²) in [6, 6.07) is 14.1. The summed E-state index contributed by atoms with van der Waals surface area (Å²) < 4.78 is 0. The number of rotatable bonds is 6. The van der Waals surface area contributed by atoms with Crippen molar-refractivity contribution in [3.05, 3.63) is 70.2 Å². The number of aromatic nitrogens is 2. The fraction of sp³-hybridized carbons (Fsp3) is 0.150. The Balaban J connectivity index is 0.00000280. The van der Waals surface area contributed by atoms with Crippen LogP contribution in [0.15, 0.2) is 48.5 Å². The van der Waals surface area contributed by atoms with Gasteiger partial charge in [-0.1, -0.05) is 48.0 Å². The molecule has 0 aliphatic carbocycles. The number of nitrogens with two attached hydrogens (primary N) is 1. The number of carboxylic acid groups (broad SMARTS) is 1. The molecule has 0 aliphatic heterocycles. The summed E-state index contributed by atoms with van der Waals surface area (Å²) in [4.78, 5) is 19.3. The SMILES string of the molecule is Cc1c(Cl)cccc1-c1cc(NCCc2ccc(C(=O)[O-])cc2)nc(N)n1.[Na+]. The number of benzene rings is 2. The van der Waals surface area contributed by atoms with Gasteiger partial charge in [-0.25, -0.2) is 4.98 Å². The third-order valence-corrected chi connectivity index (χ3v) is 4.61. The van der Waals surface area contributed by atoms with Gasteiger partial charge in [-0.2, -0.15) is 4.98 Å². The first-order valence-corrected chi connectivity index (χ1v) is 8.76. The van der Waals surface area contributed by atoms with E-state index in [1.165, 1.54) is 12.1 Å². The van der Waals surface area contributed by atoms with E-state index in [2.05, 4.69) is 15.3 Å². The molecule has 0 radical (unpaired) electrons. The van der Waals surface area contributed by atoms with Crippen LogP contribution < -0.4 is 45.7 Å². The number of hydrogen-bond donors (Lipinski definition) is 2. The van der Waals surface area contributed by atoms with Crippen LogP contribution in [0, 0.1) is 6.92 Å². The molecular formula is C20H18ClN4NaO2. The maximum Gasteiger partial charge on any atom is 1.00 e. The zero-order valence-electron chi connectivity index (χ0n) is 15.7. The van der Waals surface area contributed by atoms with E-state index < -0.39 is 5.97 Å². The monoisotopic (exact) mass is 404 g/mol. The number of nitrogen functional groups attached to an aromatic ring is 1. The van der Waals surface area contributed by atoms with Crippen molar-refractivity contribution in [1.82, 2.24) is 9.97 Å². The minimum absolute atomic E-state index is 0. The summed E-state index contributed by atoms with van der Waals surface area (Å²) in [6.07, 6.45) is 0.697. The van der Waals surface area contributed by atoms with Gasteiger partial charge in [-0.15, -0.1) is 0 Å². The van der Waals surface area contributed by atoms with Crippen LogP contribution in [-0.4, -0.2) is 22.5 Å². The zero-order chi connectivity index (χ0) is 19.4. The molecule has 3 rings (SSSR count). The summed E-state index contributed by atoms with van der Waals surface area (Å²) >= 11 is 6.19. The first-order chi connectivity index (χ1) is 12.9. The van der Waals surface area contributed by atoms with E-state index >= 15 is 0 Å². The standard InChI is InChI=1S/C20H19ClN4O2.Na/c1-12-15(3-2-4-16(12)21)17-11-18(25-20(22)24-17)23-10-9-13-5-7-14(8-6-13)19(26)27;/h2-8,11H,9-10H2,1H3,(H,26,27)(H3,22,23,24,25);/q;+1/p-1. The van der Waals surface area contributed by atoms with Crippen LogP contribution in [0.1, 0.15) is 21.5 Å². The van der Waals surface area contributed by atoms with Crippen LogP contribution in [0.3, 0.4) is 0 Å². The van der Waals surface area contributed by atoms with E-state index in [4.69, 9.17) is 17.3 Å². The molecule has 0 atom stereocenters. The first-order valence-electron chi connectivity index (χ1n) is 8.38. The van der Waals surface area contributed by atoms with Gasteiger partial charge in [0.2, 0.25) is 5.95 Å². The number of halogens is 1. The number of aromatic carboxylic acids is 1. The van der Waals surface area contributed by atoms with Crippen molar-refractivity contribution in [3.63, 3.8) is 0 Å². The normalized spacial score (nSPS) is 10.2. The Hall–Kier alpha value is -2.12. The molecule has 0 spiro atoms. The molecule has 1 heterocycles. The molecule has 0 unspecified atom stereocenters. The molecule has 0 bridgehead atoms.